The molecule has 19 heavy (non-hydrogen) atoms. The van der Waals surface area contributed by atoms with Gasteiger partial charge in [-0.05, 0) is 35.4 Å². The number of hydrogen-bond acceptors (Lipinski definition) is 2. The molecule has 0 aliphatic carbocycles. The number of halogens is 3. The van der Waals surface area contributed by atoms with Crippen LogP contribution in [0.4, 0.5) is 13.2 Å². The fourth-order valence-electron chi connectivity index (χ4n) is 1.78. The van der Waals surface area contributed by atoms with Crippen molar-refractivity contribution in [3.05, 3.63) is 65.5 Å². The van der Waals surface area contributed by atoms with Crippen LogP contribution < -0.4 is 0 Å². The van der Waals surface area contributed by atoms with Crippen LogP contribution in [0.5, 0.6) is 0 Å². The van der Waals surface area contributed by atoms with E-state index in [1.54, 1.807) is 24.5 Å². The number of pyridine rings is 1. The van der Waals surface area contributed by atoms with E-state index in [1.807, 2.05) is 0 Å². The summed E-state index contributed by atoms with van der Waals surface area (Å²) >= 11 is 0. The minimum atomic E-state index is -4.40. The molecule has 1 atom stereocenters. The minimum absolute atomic E-state index is 0.254. The largest absolute Gasteiger partial charge is 0.416 e. The van der Waals surface area contributed by atoms with Gasteiger partial charge in [0.1, 0.15) is 0 Å². The molecule has 1 aromatic carbocycles. The van der Waals surface area contributed by atoms with Crippen molar-refractivity contribution in [3.8, 4) is 0 Å². The summed E-state index contributed by atoms with van der Waals surface area (Å²) in [6.07, 6.45) is -1.96. The number of benzene rings is 1. The maximum atomic E-state index is 12.6. The van der Waals surface area contributed by atoms with E-state index in [2.05, 4.69) is 4.98 Å². The van der Waals surface area contributed by atoms with Crippen molar-refractivity contribution in [1.82, 2.24) is 4.98 Å². The fraction of sp³-hybridized carbons (Fsp3) is 0.214. The maximum Gasteiger partial charge on any atom is 0.416 e. The Kier molecular flexibility index (Phi) is 3.85. The van der Waals surface area contributed by atoms with Crippen LogP contribution in [0.1, 0.15) is 22.8 Å². The molecule has 1 unspecified atom stereocenters. The Balaban J connectivity index is 2.18. The van der Waals surface area contributed by atoms with Crippen LogP contribution in [0.3, 0.4) is 0 Å². The predicted molar refractivity (Wildman–Crippen MR) is 64.3 cm³/mol. The summed E-state index contributed by atoms with van der Waals surface area (Å²) in [6.45, 7) is 0. The van der Waals surface area contributed by atoms with E-state index in [0.717, 1.165) is 17.7 Å². The number of rotatable bonds is 3. The number of alkyl halides is 3. The predicted octanol–water partition coefficient (Wildman–Crippen LogP) is 3.38. The quantitative estimate of drug-likeness (QED) is 0.924. The molecule has 0 fully saturated rings. The first kappa shape index (κ1) is 13.5. The van der Waals surface area contributed by atoms with Crippen LogP contribution in [-0.2, 0) is 12.6 Å². The van der Waals surface area contributed by atoms with Gasteiger partial charge in [-0.2, -0.15) is 13.2 Å². The lowest BCUT2D eigenvalue weighted by Gasteiger charge is -2.13. The van der Waals surface area contributed by atoms with E-state index in [1.165, 1.54) is 12.1 Å². The molecule has 2 aromatic rings. The molecular formula is C14H12F3NO. The van der Waals surface area contributed by atoms with Crippen molar-refractivity contribution in [2.45, 2.75) is 18.7 Å². The zero-order valence-electron chi connectivity index (χ0n) is 9.93. The Hall–Kier alpha value is -1.88. The van der Waals surface area contributed by atoms with Crippen molar-refractivity contribution >= 4 is 0 Å². The summed E-state index contributed by atoms with van der Waals surface area (Å²) < 4.78 is 37.7. The van der Waals surface area contributed by atoms with Crippen molar-refractivity contribution in [3.63, 3.8) is 0 Å². The lowest BCUT2D eigenvalue weighted by Crippen LogP contribution is -2.08. The summed E-state index contributed by atoms with van der Waals surface area (Å²) in [5.74, 6) is 0. The molecule has 0 aliphatic heterocycles. The molecule has 0 amide bonds. The third-order valence-electron chi connectivity index (χ3n) is 2.78. The van der Waals surface area contributed by atoms with Crippen molar-refractivity contribution in [2.75, 3.05) is 0 Å². The fourth-order valence-corrected chi connectivity index (χ4v) is 1.78. The topological polar surface area (TPSA) is 33.1 Å². The average molecular weight is 267 g/mol. The minimum Gasteiger partial charge on any atom is -0.388 e. The molecule has 5 heteroatoms. The molecule has 0 radical (unpaired) electrons. The number of hydrogen-bond donors (Lipinski definition) is 1. The second-order valence-corrected chi connectivity index (χ2v) is 4.20. The number of aliphatic hydroxyl groups excluding tert-OH is 1. The molecule has 2 rings (SSSR count). The van der Waals surface area contributed by atoms with E-state index in [0.29, 0.717) is 0 Å². The van der Waals surface area contributed by atoms with Gasteiger partial charge in [-0.15, -0.1) is 0 Å². The van der Waals surface area contributed by atoms with Crippen LogP contribution in [0.15, 0.2) is 48.8 Å². The first-order valence-electron chi connectivity index (χ1n) is 5.71. The van der Waals surface area contributed by atoms with E-state index >= 15 is 0 Å². The number of aromatic nitrogens is 1. The average Bonchev–Trinajstić information content (AvgIpc) is 2.39. The van der Waals surface area contributed by atoms with Crippen LogP contribution in [0.25, 0.3) is 0 Å². The zero-order chi connectivity index (χ0) is 13.9. The third kappa shape index (κ3) is 3.54. The number of aliphatic hydroxyl groups is 1. The van der Waals surface area contributed by atoms with Gasteiger partial charge in [0.05, 0.1) is 11.7 Å². The van der Waals surface area contributed by atoms with Gasteiger partial charge < -0.3 is 5.11 Å². The third-order valence-corrected chi connectivity index (χ3v) is 2.78. The Morgan fingerprint density at radius 3 is 2.42 bits per heavy atom. The first-order valence-corrected chi connectivity index (χ1v) is 5.71. The molecular weight excluding hydrogens is 255 g/mol. The van der Waals surface area contributed by atoms with Crippen LogP contribution >= 0.6 is 0 Å². The smallest absolute Gasteiger partial charge is 0.388 e. The van der Waals surface area contributed by atoms with Crippen molar-refractivity contribution in [1.29, 1.82) is 0 Å². The lowest BCUT2D eigenvalue weighted by atomic mass is 10.0. The molecule has 1 N–H and O–H groups in total. The summed E-state index contributed by atoms with van der Waals surface area (Å²) in [5.41, 5.74) is 0.324. The van der Waals surface area contributed by atoms with Gasteiger partial charge in [-0.25, -0.2) is 0 Å². The Morgan fingerprint density at radius 2 is 1.79 bits per heavy atom. The molecule has 0 bridgehead atoms. The molecule has 100 valence electrons. The van der Waals surface area contributed by atoms with Gasteiger partial charge in [-0.3, -0.25) is 4.98 Å². The molecule has 0 saturated carbocycles. The summed E-state index contributed by atoms with van der Waals surface area (Å²) in [7, 11) is 0. The van der Waals surface area contributed by atoms with Crippen molar-refractivity contribution < 1.29 is 18.3 Å². The monoisotopic (exact) mass is 267 g/mol. The molecule has 2 nitrogen and oxygen atoms in total. The van der Waals surface area contributed by atoms with Gasteiger partial charge in [-0.1, -0.05) is 12.1 Å². The first-order chi connectivity index (χ1) is 8.97. The van der Waals surface area contributed by atoms with E-state index < -0.39 is 17.8 Å². The zero-order valence-corrected chi connectivity index (χ0v) is 9.93. The van der Waals surface area contributed by atoms with Gasteiger partial charge in [0.25, 0.3) is 0 Å². The lowest BCUT2D eigenvalue weighted by molar-refractivity contribution is -0.137. The Morgan fingerprint density at radius 1 is 1.11 bits per heavy atom. The van der Waals surface area contributed by atoms with Crippen LogP contribution in [-0.4, -0.2) is 10.1 Å². The van der Waals surface area contributed by atoms with E-state index in [-0.39, 0.29) is 12.0 Å². The maximum absolute atomic E-state index is 12.6. The second-order valence-electron chi connectivity index (χ2n) is 4.20. The highest BCUT2D eigenvalue weighted by Crippen LogP contribution is 2.31. The van der Waals surface area contributed by atoms with E-state index in [9.17, 15) is 18.3 Å². The van der Waals surface area contributed by atoms with Gasteiger partial charge in [0, 0.05) is 18.8 Å². The van der Waals surface area contributed by atoms with E-state index in [4.69, 9.17) is 0 Å². The highest BCUT2D eigenvalue weighted by Gasteiger charge is 2.30. The molecule has 1 heterocycles. The Bertz CT molecular complexity index is 540. The normalized spacial score (nSPS) is 13.3. The highest BCUT2D eigenvalue weighted by molar-refractivity contribution is 5.28. The molecule has 0 aliphatic rings. The SMILES string of the molecule is OC(Cc1ccncc1)c1cccc(C(F)(F)F)c1. The van der Waals surface area contributed by atoms with Gasteiger partial charge >= 0.3 is 6.18 Å². The summed E-state index contributed by atoms with van der Waals surface area (Å²) in [6, 6.07) is 8.19. The van der Waals surface area contributed by atoms with Gasteiger partial charge in [0.15, 0.2) is 0 Å². The van der Waals surface area contributed by atoms with Gasteiger partial charge in [0.2, 0.25) is 0 Å². The standard InChI is InChI=1S/C14H12F3NO/c15-14(16,17)12-3-1-2-11(9-12)13(19)8-10-4-6-18-7-5-10/h1-7,9,13,19H,8H2. The molecule has 0 spiro atoms. The Labute approximate surface area is 108 Å². The number of nitrogens with zero attached hydrogens (tertiary/aromatic N) is 1. The van der Waals surface area contributed by atoms with Crippen LogP contribution in [0.2, 0.25) is 0 Å². The summed E-state index contributed by atoms with van der Waals surface area (Å²) in [5, 5.41) is 9.98. The molecule has 1 aromatic heterocycles. The van der Waals surface area contributed by atoms with Crippen LogP contribution in [0, 0.1) is 0 Å². The second kappa shape index (κ2) is 5.40. The highest BCUT2D eigenvalue weighted by atomic mass is 19.4. The summed E-state index contributed by atoms with van der Waals surface area (Å²) in [4.78, 5) is 3.84. The molecule has 0 saturated heterocycles. The van der Waals surface area contributed by atoms with Crippen molar-refractivity contribution in [2.24, 2.45) is 0 Å².